The number of aryl methyl sites for hydroxylation is 2. The van der Waals surface area contributed by atoms with Crippen molar-refractivity contribution in [3.63, 3.8) is 0 Å². The van der Waals surface area contributed by atoms with Gasteiger partial charge in [-0.3, -0.25) is 4.99 Å². The number of rotatable bonds is 9. The number of hydrogen-bond acceptors (Lipinski definition) is 5. The molecule has 0 aliphatic carbocycles. The monoisotopic (exact) mass is 376 g/mol. The van der Waals surface area contributed by atoms with Crippen LogP contribution in [0.25, 0.3) is 0 Å². The highest BCUT2D eigenvalue weighted by atomic mass is 32.1. The van der Waals surface area contributed by atoms with Gasteiger partial charge in [0, 0.05) is 24.9 Å². The van der Waals surface area contributed by atoms with E-state index < -0.39 is 6.10 Å². The Balaban J connectivity index is 1.75. The Morgan fingerprint density at radius 1 is 1.35 bits per heavy atom. The van der Waals surface area contributed by atoms with E-state index in [2.05, 4.69) is 26.0 Å². The molecule has 3 N–H and O–H groups in total. The number of aromatic nitrogens is 1. The summed E-state index contributed by atoms with van der Waals surface area (Å²) in [5.41, 5.74) is 2.21. The molecule has 1 unspecified atom stereocenters. The molecule has 2 rings (SSSR count). The van der Waals surface area contributed by atoms with Crippen molar-refractivity contribution >= 4 is 17.3 Å². The minimum absolute atomic E-state index is 0.213. The van der Waals surface area contributed by atoms with Crippen molar-refractivity contribution in [3.8, 4) is 5.75 Å². The Hall–Kier alpha value is -2.12. The fourth-order valence-corrected chi connectivity index (χ4v) is 2.97. The smallest absolute Gasteiger partial charge is 0.191 e. The van der Waals surface area contributed by atoms with Crippen LogP contribution in [0.3, 0.4) is 0 Å². The summed E-state index contributed by atoms with van der Waals surface area (Å²) in [6.45, 7) is 8.02. The van der Waals surface area contributed by atoms with Crippen molar-refractivity contribution in [3.05, 3.63) is 45.9 Å². The summed E-state index contributed by atoms with van der Waals surface area (Å²) in [6.07, 6.45) is 0.181. The maximum Gasteiger partial charge on any atom is 0.191 e. The van der Waals surface area contributed by atoms with E-state index in [4.69, 9.17) is 4.74 Å². The average Bonchev–Trinajstić information content (AvgIpc) is 3.03. The first-order valence-corrected chi connectivity index (χ1v) is 9.75. The van der Waals surface area contributed by atoms with Crippen LogP contribution in [0.4, 0.5) is 0 Å². The molecule has 0 radical (unpaired) electrons. The first kappa shape index (κ1) is 20.2. The van der Waals surface area contributed by atoms with Crippen LogP contribution < -0.4 is 15.4 Å². The molecule has 6 nitrogen and oxygen atoms in total. The Labute approximate surface area is 159 Å². The molecule has 0 fully saturated rings. The fourth-order valence-electron chi connectivity index (χ4n) is 2.32. The Bertz CT molecular complexity index is 702. The van der Waals surface area contributed by atoms with Crippen LogP contribution in [0.1, 0.15) is 23.2 Å². The highest BCUT2D eigenvalue weighted by molar-refractivity contribution is 7.09. The summed E-state index contributed by atoms with van der Waals surface area (Å²) in [5.74, 6) is 1.45. The quantitative estimate of drug-likeness (QED) is 0.462. The van der Waals surface area contributed by atoms with Crippen molar-refractivity contribution < 1.29 is 9.84 Å². The lowest BCUT2D eigenvalue weighted by atomic mass is 10.2. The first-order chi connectivity index (χ1) is 12.6. The van der Waals surface area contributed by atoms with Gasteiger partial charge < -0.3 is 20.5 Å². The Morgan fingerprint density at radius 2 is 2.19 bits per heavy atom. The average molecular weight is 377 g/mol. The molecular formula is C19H28N4O2S. The summed E-state index contributed by atoms with van der Waals surface area (Å²) in [7, 11) is 0. The SMILES string of the molecule is CCNC(=NCC(O)COc1cccc(C)c1)NCCc1csc(C)n1. The highest BCUT2D eigenvalue weighted by Crippen LogP contribution is 2.12. The minimum atomic E-state index is -0.660. The Kier molecular flexibility index (Phi) is 8.37. The van der Waals surface area contributed by atoms with Gasteiger partial charge in [-0.1, -0.05) is 12.1 Å². The van der Waals surface area contributed by atoms with Crippen LogP contribution in [0, 0.1) is 13.8 Å². The van der Waals surface area contributed by atoms with Gasteiger partial charge in [-0.2, -0.15) is 0 Å². The lowest BCUT2D eigenvalue weighted by Crippen LogP contribution is -2.39. The second kappa shape index (κ2) is 10.8. The van der Waals surface area contributed by atoms with Gasteiger partial charge in [0.05, 0.1) is 17.2 Å². The zero-order valence-electron chi connectivity index (χ0n) is 15.7. The van der Waals surface area contributed by atoms with Crippen LogP contribution >= 0.6 is 11.3 Å². The summed E-state index contributed by atoms with van der Waals surface area (Å²) < 4.78 is 5.61. The second-order valence-corrected chi connectivity index (χ2v) is 7.10. The molecule has 0 aliphatic rings. The molecule has 2 aromatic rings. The zero-order chi connectivity index (χ0) is 18.8. The molecular weight excluding hydrogens is 348 g/mol. The number of aliphatic hydroxyl groups excluding tert-OH is 1. The van der Waals surface area contributed by atoms with Crippen LogP contribution in [-0.4, -0.2) is 48.4 Å². The lowest BCUT2D eigenvalue weighted by molar-refractivity contribution is 0.114. The molecule has 0 saturated heterocycles. The third kappa shape index (κ3) is 7.41. The van der Waals surface area contributed by atoms with Gasteiger partial charge in [0.1, 0.15) is 18.5 Å². The zero-order valence-corrected chi connectivity index (χ0v) is 16.5. The van der Waals surface area contributed by atoms with E-state index in [1.54, 1.807) is 11.3 Å². The molecule has 1 aromatic heterocycles. The molecule has 7 heteroatoms. The number of aliphatic hydroxyl groups is 1. The second-order valence-electron chi connectivity index (χ2n) is 6.04. The van der Waals surface area contributed by atoms with E-state index >= 15 is 0 Å². The largest absolute Gasteiger partial charge is 0.491 e. The number of nitrogens with one attached hydrogen (secondary N) is 2. The molecule has 0 aliphatic heterocycles. The van der Waals surface area contributed by atoms with Gasteiger partial charge >= 0.3 is 0 Å². The highest BCUT2D eigenvalue weighted by Gasteiger charge is 2.06. The predicted octanol–water partition coefficient (Wildman–Crippen LogP) is 2.30. The maximum atomic E-state index is 10.1. The van der Waals surface area contributed by atoms with E-state index in [0.717, 1.165) is 41.5 Å². The number of guanidine groups is 1. The molecule has 0 spiro atoms. The number of benzene rings is 1. The van der Waals surface area contributed by atoms with E-state index in [1.165, 1.54) is 0 Å². The summed E-state index contributed by atoms with van der Waals surface area (Å²) in [4.78, 5) is 8.87. The number of thiazole rings is 1. The number of hydrogen-bond donors (Lipinski definition) is 3. The standard InChI is InChI=1S/C19H28N4O2S/c1-4-20-19(21-9-8-16-13-26-15(3)23-16)22-11-17(24)12-25-18-7-5-6-14(2)10-18/h5-7,10,13,17,24H,4,8-9,11-12H2,1-3H3,(H2,20,21,22). The number of ether oxygens (including phenoxy) is 1. The van der Waals surface area contributed by atoms with E-state index in [0.29, 0.717) is 5.96 Å². The van der Waals surface area contributed by atoms with E-state index in [-0.39, 0.29) is 13.2 Å². The van der Waals surface area contributed by atoms with Crippen molar-refractivity contribution in [2.45, 2.75) is 33.3 Å². The van der Waals surface area contributed by atoms with Crippen molar-refractivity contribution in [2.75, 3.05) is 26.2 Å². The predicted molar refractivity (Wildman–Crippen MR) is 107 cm³/mol. The molecule has 1 heterocycles. The van der Waals surface area contributed by atoms with E-state index in [1.807, 2.05) is 45.0 Å². The van der Waals surface area contributed by atoms with Crippen LogP contribution in [0.2, 0.25) is 0 Å². The number of nitrogens with zero attached hydrogens (tertiary/aromatic N) is 2. The minimum Gasteiger partial charge on any atom is -0.491 e. The third-order valence-corrected chi connectivity index (χ3v) is 4.40. The van der Waals surface area contributed by atoms with Gasteiger partial charge in [-0.25, -0.2) is 4.98 Å². The summed E-state index contributed by atoms with van der Waals surface area (Å²) >= 11 is 1.66. The first-order valence-electron chi connectivity index (χ1n) is 8.87. The van der Waals surface area contributed by atoms with Gasteiger partial charge in [0.15, 0.2) is 5.96 Å². The molecule has 0 saturated carbocycles. The molecule has 1 atom stereocenters. The van der Waals surface area contributed by atoms with Crippen molar-refractivity contribution in [2.24, 2.45) is 4.99 Å². The topological polar surface area (TPSA) is 78.8 Å². The van der Waals surface area contributed by atoms with Gasteiger partial charge in [0.2, 0.25) is 0 Å². The summed E-state index contributed by atoms with van der Waals surface area (Å²) in [6, 6.07) is 7.78. The normalized spacial score (nSPS) is 12.7. The van der Waals surface area contributed by atoms with Gasteiger partial charge in [0.25, 0.3) is 0 Å². The third-order valence-electron chi connectivity index (χ3n) is 3.58. The van der Waals surface area contributed by atoms with Crippen LogP contribution in [0.15, 0.2) is 34.6 Å². The molecule has 0 amide bonds. The van der Waals surface area contributed by atoms with E-state index in [9.17, 15) is 5.11 Å². The molecule has 26 heavy (non-hydrogen) atoms. The number of aliphatic imine (C=N–C) groups is 1. The Morgan fingerprint density at radius 3 is 2.88 bits per heavy atom. The molecule has 142 valence electrons. The van der Waals surface area contributed by atoms with Gasteiger partial charge in [-0.15, -0.1) is 11.3 Å². The van der Waals surface area contributed by atoms with Crippen molar-refractivity contribution in [1.29, 1.82) is 0 Å². The molecule has 0 bridgehead atoms. The lowest BCUT2D eigenvalue weighted by Gasteiger charge is -2.14. The van der Waals surface area contributed by atoms with Crippen LogP contribution in [-0.2, 0) is 6.42 Å². The maximum absolute atomic E-state index is 10.1. The van der Waals surface area contributed by atoms with Gasteiger partial charge in [-0.05, 0) is 38.5 Å². The molecule has 1 aromatic carbocycles. The fraction of sp³-hybridized carbons (Fsp3) is 0.474. The van der Waals surface area contributed by atoms with Crippen molar-refractivity contribution in [1.82, 2.24) is 15.6 Å². The van der Waals surface area contributed by atoms with Crippen LogP contribution in [0.5, 0.6) is 5.75 Å². The summed E-state index contributed by atoms with van der Waals surface area (Å²) in [5, 5.41) is 19.7.